The van der Waals surface area contributed by atoms with Gasteiger partial charge in [-0.15, -0.1) is 0 Å². The number of hydrogen-bond acceptors (Lipinski definition) is 3. The third kappa shape index (κ3) is 4.15. The zero-order valence-electron chi connectivity index (χ0n) is 12.2. The summed E-state index contributed by atoms with van der Waals surface area (Å²) in [5, 5.41) is 2.97. The first-order valence-corrected chi connectivity index (χ1v) is 7.38. The predicted octanol–water partition coefficient (Wildman–Crippen LogP) is 2.86. The molecule has 2 rings (SSSR count). The van der Waals surface area contributed by atoms with Gasteiger partial charge in [-0.2, -0.15) is 0 Å². The lowest BCUT2D eigenvalue weighted by Gasteiger charge is -2.21. The summed E-state index contributed by atoms with van der Waals surface area (Å²) in [5.41, 5.74) is 7.37. The molecule has 0 saturated heterocycles. The first-order chi connectivity index (χ1) is 9.69. The van der Waals surface area contributed by atoms with E-state index in [0.29, 0.717) is 24.6 Å². The highest BCUT2D eigenvalue weighted by molar-refractivity contribution is 5.76. The van der Waals surface area contributed by atoms with Crippen LogP contribution >= 0.6 is 0 Å². The number of rotatable bonds is 5. The summed E-state index contributed by atoms with van der Waals surface area (Å²) in [6, 6.07) is 5.48. The Labute approximate surface area is 120 Å². The van der Waals surface area contributed by atoms with Gasteiger partial charge >= 0.3 is 0 Å². The van der Waals surface area contributed by atoms with Gasteiger partial charge in [0.05, 0.1) is 7.11 Å². The number of amides is 1. The molecule has 110 valence electrons. The Kier molecular flexibility index (Phi) is 5.27. The lowest BCUT2D eigenvalue weighted by atomic mass is 9.87. The van der Waals surface area contributed by atoms with E-state index < -0.39 is 0 Å². The average molecular weight is 276 g/mol. The Hall–Kier alpha value is -1.71. The smallest absolute Gasteiger partial charge is 0.220 e. The zero-order chi connectivity index (χ0) is 14.4. The van der Waals surface area contributed by atoms with Crippen LogP contribution in [0, 0.1) is 5.92 Å². The van der Waals surface area contributed by atoms with E-state index in [0.717, 1.165) is 11.3 Å². The van der Waals surface area contributed by atoms with E-state index in [1.807, 2.05) is 12.1 Å². The van der Waals surface area contributed by atoms with Crippen LogP contribution in [0.15, 0.2) is 18.2 Å². The van der Waals surface area contributed by atoms with Crippen molar-refractivity contribution < 1.29 is 9.53 Å². The number of ether oxygens (including phenoxy) is 1. The fraction of sp³-hybridized carbons (Fsp3) is 0.562. The van der Waals surface area contributed by atoms with Crippen molar-refractivity contribution in [2.24, 2.45) is 5.92 Å². The summed E-state index contributed by atoms with van der Waals surface area (Å²) in [4.78, 5) is 12.0. The molecule has 1 fully saturated rings. The molecule has 3 N–H and O–H groups in total. The number of anilines is 1. The molecule has 0 radical (unpaired) electrons. The molecule has 20 heavy (non-hydrogen) atoms. The Bertz CT molecular complexity index is 454. The van der Waals surface area contributed by atoms with Gasteiger partial charge in [0.25, 0.3) is 0 Å². The molecule has 1 aliphatic rings. The molecule has 0 spiro atoms. The van der Waals surface area contributed by atoms with Crippen molar-refractivity contribution in [1.29, 1.82) is 0 Å². The minimum atomic E-state index is 0.126. The van der Waals surface area contributed by atoms with Crippen LogP contribution in [0.5, 0.6) is 5.75 Å². The molecule has 4 heteroatoms. The quantitative estimate of drug-likeness (QED) is 0.813. The number of methoxy groups -OCH3 is 1. The Balaban J connectivity index is 1.84. The van der Waals surface area contributed by atoms with Crippen LogP contribution < -0.4 is 15.8 Å². The molecule has 1 saturated carbocycles. The molecule has 1 aliphatic carbocycles. The molecular formula is C16H24N2O2. The maximum atomic E-state index is 12.0. The highest BCUT2D eigenvalue weighted by Crippen LogP contribution is 2.26. The van der Waals surface area contributed by atoms with Gasteiger partial charge in [-0.3, -0.25) is 4.79 Å². The normalized spacial score (nSPS) is 15.8. The van der Waals surface area contributed by atoms with Crippen molar-refractivity contribution in [3.63, 3.8) is 0 Å². The van der Waals surface area contributed by atoms with Crippen LogP contribution in [0.25, 0.3) is 0 Å². The second-order valence-corrected chi connectivity index (χ2v) is 5.56. The number of carbonyl (C=O) groups excluding carboxylic acids is 1. The maximum Gasteiger partial charge on any atom is 0.220 e. The largest absolute Gasteiger partial charge is 0.496 e. The Morgan fingerprint density at radius 3 is 2.80 bits per heavy atom. The van der Waals surface area contributed by atoms with Gasteiger partial charge in [0.1, 0.15) is 5.75 Å². The fourth-order valence-electron chi connectivity index (χ4n) is 2.86. The second kappa shape index (κ2) is 7.17. The van der Waals surface area contributed by atoms with Crippen LogP contribution in [-0.4, -0.2) is 13.0 Å². The first-order valence-electron chi connectivity index (χ1n) is 7.38. The van der Waals surface area contributed by atoms with E-state index in [9.17, 15) is 4.79 Å². The van der Waals surface area contributed by atoms with Crippen LogP contribution in [0.3, 0.4) is 0 Å². The summed E-state index contributed by atoms with van der Waals surface area (Å²) in [6.45, 7) is 0.472. The molecule has 1 aromatic rings. The number of hydrogen-bond donors (Lipinski definition) is 2. The van der Waals surface area contributed by atoms with Gasteiger partial charge in [0, 0.05) is 24.2 Å². The second-order valence-electron chi connectivity index (χ2n) is 5.56. The highest BCUT2D eigenvalue weighted by atomic mass is 16.5. The molecule has 0 aliphatic heterocycles. The van der Waals surface area contributed by atoms with Gasteiger partial charge in [0.2, 0.25) is 5.91 Å². The van der Waals surface area contributed by atoms with Gasteiger partial charge in [-0.1, -0.05) is 19.3 Å². The summed E-state index contributed by atoms with van der Waals surface area (Å²) < 4.78 is 5.28. The van der Waals surface area contributed by atoms with E-state index in [1.54, 1.807) is 13.2 Å². The van der Waals surface area contributed by atoms with Crippen molar-refractivity contribution in [1.82, 2.24) is 5.32 Å². The van der Waals surface area contributed by atoms with Crippen molar-refractivity contribution in [3.8, 4) is 5.75 Å². The van der Waals surface area contributed by atoms with Crippen molar-refractivity contribution >= 4 is 11.6 Å². The average Bonchev–Trinajstić information content (AvgIpc) is 2.46. The van der Waals surface area contributed by atoms with Gasteiger partial charge in [-0.05, 0) is 37.0 Å². The van der Waals surface area contributed by atoms with Crippen LogP contribution in [-0.2, 0) is 11.3 Å². The number of nitrogen functional groups attached to an aromatic ring is 1. The Morgan fingerprint density at radius 1 is 1.35 bits per heavy atom. The van der Waals surface area contributed by atoms with E-state index in [4.69, 9.17) is 10.5 Å². The topological polar surface area (TPSA) is 64.3 Å². The monoisotopic (exact) mass is 276 g/mol. The van der Waals surface area contributed by atoms with Gasteiger partial charge in [0.15, 0.2) is 0 Å². The summed E-state index contributed by atoms with van der Waals surface area (Å²) >= 11 is 0. The van der Waals surface area contributed by atoms with Crippen LogP contribution in [0.2, 0.25) is 0 Å². The lowest BCUT2D eigenvalue weighted by molar-refractivity contribution is -0.122. The highest BCUT2D eigenvalue weighted by Gasteiger charge is 2.17. The third-order valence-electron chi connectivity index (χ3n) is 3.98. The minimum absolute atomic E-state index is 0.126. The van der Waals surface area contributed by atoms with Gasteiger partial charge < -0.3 is 15.8 Å². The van der Waals surface area contributed by atoms with E-state index in [-0.39, 0.29) is 5.91 Å². The van der Waals surface area contributed by atoms with E-state index >= 15 is 0 Å². The summed E-state index contributed by atoms with van der Waals surface area (Å²) in [7, 11) is 1.62. The molecule has 0 unspecified atom stereocenters. The van der Waals surface area contributed by atoms with Crippen molar-refractivity contribution in [2.45, 2.75) is 45.1 Å². The molecule has 0 heterocycles. The van der Waals surface area contributed by atoms with Crippen molar-refractivity contribution in [2.75, 3.05) is 12.8 Å². The van der Waals surface area contributed by atoms with Crippen molar-refractivity contribution in [3.05, 3.63) is 23.8 Å². The molecule has 1 aromatic carbocycles. The molecule has 1 amide bonds. The first kappa shape index (κ1) is 14.7. The summed E-state index contributed by atoms with van der Waals surface area (Å²) in [6.07, 6.45) is 6.87. The fourth-order valence-corrected chi connectivity index (χ4v) is 2.86. The minimum Gasteiger partial charge on any atom is -0.496 e. The zero-order valence-corrected chi connectivity index (χ0v) is 12.2. The van der Waals surface area contributed by atoms with Crippen LogP contribution in [0.4, 0.5) is 5.69 Å². The van der Waals surface area contributed by atoms with E-state index in [2.05, 4.69) is 5.32 Å². The summed E-state index contributed by atoms with van der Waals surface area (Å²) in [5.74, 6) is 1.45. The number of benzene rings is 1. The SMILES string of the molecule is COc1ccc(N)cc1CNC(=O)CC1CCCCC1. The molecule has 0 atom stereocenters. The number of carbonyl (C=O) groups is 1. The molecule has 4 nitrogen and oxygen atoms in total. The lowest BCUT2D eigenvalue weighted by Crippen LogP contribution is -2.26. The standard InChI is InChI=1S/C16H24N2O2/c1-20-15-8-7-14(17)10-13(15)11-18-16(19)9-12-5-3-2-4-6-12/h7-8,10,12H,2-6,9,11,17H2,1H3,(H,18,19). The number of nitrogens with two attached hydrogens (primary N) is 1. The van der Waals surface area contributed by atoms with E-state index in [1.165, 1.54) is 32.1 Å². The Morgan fingerprint density at radius 2 is 2.10 bits per heavy atom. The predicted molar refractivity (Wildman–Crippen MR) is 80.4 cm³/mol. The van der Waals surface area contributed by atoms with Crippen LogP contribution in [0.1, 0.15) is 44.1 Å². The van der Waals surface area contributed by atoms with Gasteiger partial charge in [-0.25, -0.2) is 0 Å². The maximum absolute atomic E-state index is 12.0. The third-order valence-corrected chi connectivity index (χ3v) is 3.98. The molecule has 0 aromatic heterocycles. The molecule has 0 bridgehead atoms. The number of nitrogens with one attached hydrogen (secondary N) is 1. The molecular weight excluding hydrogens is 252 g/mol.